The Labute approximate surface area is 135 Å². The summed E-state index contributed by atoms with van der Waals surface area (Å²) >= 11 is 3.77. The second kappa shape index (κ2) is 6.33. The molecule has 21 heavy (non-hydrogen) atoms. The molecule has 3 rings (SSSR count). The zero-order valence-corrected chi connectivity index (χ0v) is 14.3. The molecule has 0 amide bonds. The quantitative estimate of drug-likeness (QED) is 0.828. The minimum atomic E-state index is 0.259. The van der Waals surface area contributed by atoms with E-state index in [0.717, 1.165) is 6.54 Å². The predicted octanol–water partition coefficient (Wildman–Crippen LogP) is 4.95. The molecule has 2 aromatic carbocycles. The lowest BCUT2D eigenvalue weighted by atomic mass is 9.94. The summed E-state index contributed by atoms with van der Waals surface area (Å²) in [5.41, 5.74) is 7.08. The van der Waals surface area contributed by atoms with E-state index in [0.29, 0.717) is 0 Å². The van der Waals surface area contributed by atoms with Gasteiger partial charge >= 0.3 is 0 Å². The van der Waals surface area contributed by atoms with Crippen molar-refractivity contribution in [3.8, 4) is 0 Å². The molecule has 0 saturated heterocycles. The summed E-state index contributed by atoms with van der Waals surface area (Å²) in [6.07, 6.45) is 3.78. The molecule has 0 fully saturated rings. The van der Waals surface area contributed by atoms with Crippen LogP contribution in [0.25, 0.3) is 0 Å². The van der Waals surface area contributed by atoms with Crippen LogP contribution in [0.4, 0.5) is 0 Å². The summed E-state index contributed by atoms with van der Waals surface area (Å²) in [4.78, 5) is 0. The minimum Gasteiger partial charge on any atom is -0.306 e. The number of halogens is 1. The highest BCUT2D eigenvalue weighted by Crippen LogP contribution is 2.33. The fraction of sp³-hybridized carbons (Fsp3) is 0.368. The number of nitrogens with one attached hydrogen (secondary N) is 1. The van der Waals surface area contributed by atoms with E-state index < -0.39 is 0 Å². The van der Waals surface area contributed by atoms with Crippen molar-refractivity contribution < 1.29 is 0 Å². The summed E-state index contributed by atoms with van der Waals surface area (Å²) in [7, 11) is 0. The Morgan fingerprint density at radius 1 is 1.14 bits per heavy atom. The molecule has 1 aliphatic rings. The van der Waals surface area contributed by atoms with E-state index in [9.17, 15) is 0 Å². The van der Waals surface area contributed by atoms with Crippen molar-refractivity contribution >= 4 is 15.9 Å². The van der Waals surface area contributed by atoms with Gasteiger partial charge in [-0.3, -0.25) is 0 Å². The zero-order valence-electron chi connectivity index (χ0n) is 12.7. The molecule has 2 aromatic rings. The first-order valence-electron chi connectivity index (χ1n) is 7.80. The lowest BCUT2D eigenvalue weighted by Gasteiger charge is -2.22. The number of hydrogen-bond acceptors (Lipinski definition) is 1. The second-order valence-electron chi connectivity index (χ2n) is 5.85. The van der Waals surface area contributed by atoms with E-state index in [2.05, 4.69) is 71.5 Å². The molecule has 0 bridgehead atoms. The van der Waals surface area contributed by atoms with Crippen LogP contribution in [0.15, 0.2) is 40.9 Å². The highest BCUT2D eigenvalue weighted by Gasteiger charge is 2.19. The average Bonchev–Trinajstić information content (AvgIpc) is 2.95. The summed E-state index contributed by atoms with van der Waals surface area (Å²) in [6, 6.07) is 13.8. The maximum absolute atomic E-state index is 3.77. The van der Waals surface area contributed by atoms with Crippen LogP contribution in [0.2, 0.25) is 0 Å². The molecule has 1 N–H and O–H groups in total. The standard InChI is InChI=1S/C19H22BrN/c1-3-21-19(17-9-4-6-13(2)18(17)20)16-11-10-14-7-5-8-15(14)12-16/h4,6,9-12,19,21H,3,5,7-8H2,1-2H3. The smallest absolute Gasteiger partial charge is 0.0587 e. The first-order chi connectivity index (χ1) is 10.2. The average molecular weight is 344 g/mol. The third-order valence-electron chi connectivity index (χ3n) is 4.40. The number of fused-ring (bicyclic) bond motifs is 1. The first-order valence-corrected chi connectivity index (χ1v) is 8.60. The fourth-order valence-electron chi connectivity index (χ4n) is 3.28. The van der Waals surface area contributed by atoms with Gasteiger partial charge in [0.1, 0.15) is 0 Å². The van der Waals surface area contributed by atoms with Crippen molar-refractivity contribution in [1.82, 2.24) is 5.32 Å². The molecule has 0 spiro atoms. The monoisotopic (exact) mass is 343 g/mol. The largest absolute Gasteiger partial charge is 0.306 e. The molecule has 0 aliphatic heterocycles. The maximum atomic E-state index is 3.77. The van der Waals surface area contributed by atoms with Crippen LogP contribution < -0.4 is 5.32 Å². The van der Waals surface area contributed by atoms with Gasteiger partial charge < -0.3 is 5.32 Å². The molecule has 1 unspecified atom stereocenters. The predicted molar refractivity (Wildman–Crippen MR) is 92.9 cm³/mol. The Balaban J connectivity index is 2.03. The van der Waals surface area contributed by atoms with Crippen molar-refractivity contribution in [1.29, 1.82) is 0 Å². The van der Waals surface area contributed by atoms with Crippen LogP contribution in [0, 0.1) is 6.92 Å². The van der Waals surface area contributed by atoms with Crippen LogP contribution in [0.5, 0.6) is 0 Å². The Kier molecular flexibility index (Phi) is 4.46. The van der Waals surface area contributed by atoms with Crippen LogP contribution in [-0.4, -0.2) is 6.54 Å². The van der Waals surface area contributed by atoms with Crippen molar-refractivity contribution in [2.45, 2.75) is 39.2 Å². The molecule has 0 saturated carbocycles. The van der Waals surface area contributed by atoms with Gasteiger partial charge in [0, 0.05) is 4.47 Å². The number of rotatable bonds is 4. The van der Waals surface area contributed by atoms with Gasteiger partial charge in [-0.15, -0.1) is 0 Å². The number of benzene rings is 2. The van der Waals surface area contributed by atoms with Crippen LogP contribution in [0.3, 0.4) is 0 Å². The third kappa shape index (κ3) is 2.93. The van der Waals surface area contributed by atoms with Gasteiger partial charge in [0.2, 0.25) is 0 Å². The van der Waals surface area contributed by atoms with Gasteiger partial charge in [-0.2, -0.15) is 0 Å². The Hall–Kier alpha value is -1.12. The molecule has 1 atom stereocenters. The first kappa shape index (κ1) is 14.8. The van der Waals surface area contributed by atoms with E-state index in [1.807, 2.05) is 0 Å². The van der Waals surface area contributed by atoms with E-state index in [1.54, 1.807) is 5.56 Å². The Bertz CT molecular complexity index is 648. The SMILES string of the molecule is CCNC(c1ccc2c(c1)CCC2)c1cccc(C)c1Br. The molecule has 0 heterocycles. The van der Waals surface area contributed by atoms with Crippen molar-refractivity contribution in [2.24, 2.45) is 0 Å². The third-order valence-corrected chi connectivity index (χ3v) is 5.48. The number of aryl methyl sites for hydroxylation is 3. The fourth-order valence-corrected chi connectivity index (χ4v) is 3.77. The van der Waals surface area contributed by atoms with Gasteiger partial charge in [0.15, 0.2) is 0 Å². The highest BCUT2D eigenvalue weighted by molar-refractivity contribution is 9.10. The molecule has 2 heteroatoms. The van der Waals surface area contributed by atoms with Crippen molar-refractivity contribution in [3.05, 3.63) is 68.7 Å². The van der Waals surface area contributed by atoms with Crippen LogP contribution in [-0.2, 0) is 12.8 Å². The molecule has 1 nitrogen and oxygen atoms in total. The molecular formula is C19H22BrN. The minimum absolute atomic E-state index is 0.259. The van der Waals surface area contributed by atoms with Crippen LogP contribution in [0.1, 0.15) is 47.2 Å². The zero-order chi connectivity index (χ0) is 14.8. The van der Waals surface area contributed by atoms with Crippen molar-refractivity contribution in [2.75, 3.05) is 6.54 Å². The van der Waals surface area contributed by atoms with Crippen LogP contribution >= 0.6 is 15.9 Å². The summed E-state index contributed by atoms with van der Waals surface area (Å²) in [5.74, 6) is 0. The second-order valence-corrected chi connectivity index (χ2v) is 6.64. The topological polar surface area (TPSA) is 12.0 Å². The lowest BCUT2D eigenvalue weighted by molar-refractivity contribution is 0.627. The molecule has 0 aromatic heterocycles. The highest BCUT2D eigenvalue weighted by atomic mass is 79.9. The van der Waals surface area contributed by atoms with Gasteiger partial charge in [-0.1, -0.05) is 59.3 Å². The van der Waals surface area contributed by atoms with E-state index in [-0.39, 0.29) is 6.04 Å². The maximum Gasteiger partial charge on any atom is 0.0587 e. The van der Waals surface area contributed by atoms with E-state index in [1.165, 1.54) is 46.0 Å². The van der Waals surface area contributed by atoms with E-state index in [4.69, 9.17) is 0 Å². The van der Waals surface area contributed by atoms with Gasteiger partial charge in [0.25, 0.3) is 0 Å². The van der Waals surface area contributed by atoms with Gasteiger partial charge in [0.05, 0.1) is 6.04 Å². The summed E-state index contributed by atoms with van der Waals surface area (Å²) in [5, 5.41) is 3.64. The van der Waals surface area contributed by atoms with Gasteiger partial charge in [-0.05, 0) is 60.5 Å². The molecule has 0 radical (unpaired) electrons. The normalized spacial score (nSPS) is 15.0. The molecular weight excluding hydrogens is 322 g/mol. The number of hydrogen-bond donors (Lipinski definition) is 1. The Morgan fingerprint density at radius 3 is 2.76 bits per heavy atom. The molecule has 110 valence electrons. The Morgan fingerprint density at radius 2 is 1.95 bits per heavy atom. The van der Waals surface area contributed by atoms with Gasteiger partial charge in [-0.25, -0.2) is 0 Å². The summed E-state index contributed by atoms with van der Waals surface area (Å²) < 4.78 is 1.22. The summed E-state index contributed by atoms with van der Waals surface area (Å²) in [6.45, 7) is 5.28. The van der Waals surface area contributed by atoms with E-state index >= 15 is 0 Å². The molecule has 1 aliphatic carbocycles. The van der Waals surface area contributed by atoms with Crippen molar-refractivity contribution in [3.63, 3.8) is 0 Å². The lowest BCUT2D eigenvalue weighted by Crippen LogP contribution is -2.22.